The molecule has 0 spiro atoms. The lowest BCUT2D eigenvalue weighted by atomic mass is 10.1. The predicted molar refractivity (Wildman–Crippen MR) is 117 cm³/mol. The van der Waals surface area contributed by atoms with Crippen molar-refractivity contribution in [2.24, 2.45) is 0 Å². The maximum absolute atomic E-state index is 7.51. The highest BCUT2D eigenvalue weighted by Crippen LogP contribution is 2.34. The Hall–Kier alpha value is -4.58. The first-order valence-corrected chi connectivity index (χ1v) is 9.57. The highest BCUT2D eigenvalue weighted by atomic mass is 15.3. The van der Waals surface area contributed by atoms with Crippen LogP contribution in [-0.4, -0.2) is 34.7 Å². The van der Waals surface area contributed by atoms with Crippen LogP contribution in [0.4, 0.5) is 11.6 Å². The Labute approximate surface area is 177 Å². The second-order valence-corrected chi connectivity index (χ2v) is 7.01. The molecule has 4 heterocycles. The zero-order valence-electron chi connectivity index (χ0n) is 16.6. The van der Waals surface area contributed by atoms with Crippen molar-refractivity contribution in [1.29, 1.82) is 0 Å². The van der Waals surface area contributed by atoms with Crippen LogP contribution in [0.3, 0.4) is 0 Å². The molecule has 5 rings (SSSR count). The molecular weight excluding hydrogens is 390 g/mol. The van der Waals surface area contributed by atoms with E-state index in [1.54, 1.807) is 23.4 Å². The minimum Gasteiger partial charge on any atom is -0.350 e. The fraction of sp³-hybridized carbons (Fsp3) is 0.0909. The molecule has 5 aromatic rings. The first-order chi connectivity index (χ1) is 15.2. The van der Waals surface area contributed by atoms with E-state index in [0.29, 0.717) is 23.9 Å². The number of hydrogen-bond donors (Lipinski definition) is 2. The van der Waals surface area contributed by atoms with Crippen molar-refractivity contribution >= 4 is 22.7 Å². The lowest BCUT2D eigenvalue weighted by Crippen LogP contribution is -2.04. The van der Waals surface area contributed by atoms with Crippen molar-refractivity contribution in [3.63, 3.8) is 0 Å². The molecule has 4 aromatic heterocycles. The Kier molecular flexibility index (Phi) is 4.57. The largest absolute Gasteiger partial charge is 0.350 e. The quantitative estimate of drug-likeness (QED) is 0.426. The smallest absolute Gasteiger partial charge is 0.231 e. The van der Waals surface area contributed by atoms with E-state index in [-0.39, 0.29) is 0 Å². The molecule has 9 nitrogen and oxygen atoms in total. The Bertz CT molecular complexity index is 1390. The van der Waals surface area contributed by atoms with Crippen LogP contribution in [0, 0.1) is 13.5 Å². The standard InChI is InChI=1S/C22H17N9/c1-14-7-17-18(10-26-21(17)25-8-14)20-19(23-2)11-28-22(30-20)27-9-15-3-5-16(6-4-15)31-13-24-12-29-31/h3-8,10-13H,9H2,1H3,(H,25,26)(H,27,28,30). The van der Waals surface area contributed by atoms with E-state index in [2.05, 4.69) is 40.2 Å². The fourth-order valence-corrected chi connectivity index (χ4v) is 3.33. The first kappa shape index (κ1) is 18.4. The molecule has 0 aliphatic heterocycles. The summed E-state index contributed by atoms with van der Waals surface area (Å²) in [6.07, 6.45) is 8.35. The molecule has 0 unspecified atom stereocenters. The number of nitrogens with zero attached hydrogens (tertiary/aromatic N) is 7. The van der Waals surface area contributed by atoms with Crippen LogP contribution in [0.2, 0.25) is 0 Å². The van der Waals surface area contributed by atoms with Crippen molar-refractivity contribution in [2.45, 2.75) is 13.5 Å². The highest BCUT2D eigenvalue weighted by molar-refractivity contribution is 5.96. The van der Waals surface area contributed by atoms with Gasteiger partial charge in [-0.25, -0.2) is 29.5 Å². The molecule has 0 saturated heterocycles. The second-order valence-electron chi connectivity index (χ2n) is 7.01. The average Bonchev–Trinajstić information content (AvgIpc) is 3.48. The Morgan fingerprint density at radius 1 is 1.16 bits per heavy atom. The minimum atomic E-state index is 0.394. The number of nitrogens with one attached hydrogen (secondary N) is 2. The van der Waals surface area contributed by atoms with Crippen molar-refractivity contribution in [3.8, 4) is 16.9 Å². The summed E-state index contributed by atoms with van der Waals surface area (Å²) in [4.78, 5) is 24.1. The third-order valence-corrected chi connectivity index (χ3v) is 4.88. The van der Waals surface area contributed by atoms with Gasteiger partial charge in [0.1, 0.15) is 18.3 Å². The predicted octanol–water partition coefficient (Wildman–Crippen LogP) is 4.07. The van der Waals surface area contributed by atoms with Gasteiger partial charge in [0.05, 0.1) is 18.0 Å². The summed E-state index contributed by atoms with van der Waals surface area (Å²) in [5.41, 5.74) is 5.61. The van der Waals surface area contributed by atoms with Crippen molar-refractivity contribution in [3.05, 3.63) is 84.1 Å². The Morgan fingerprint density at radius 3 is 2.81 bits per heavy atom. The highest BCUT2D eigenvalue weighted by Gasteiger charge is 2.15. The molecule has 1 aromatic carbocycles. The summed E-state index contributed by atoms with van der Waals surface area (Å²) in [5.74, 6) is 0.456. The number of aryl methyl sites for hydroxylation is 1. The fourth-order valence-electron chi connectivity index (χ4n) is 3.33. The molecule has 0 aliphatic rings. The van der Waals surface area contributed by atoms with E-state index in [9.17, 15) is 0 Å². The molecule has 0 bridgehead atoms. The molecule has 0 aliphatic carbocycles. The maximum Gasteiger partial charge on any atom is 0.231 e. The monoisotopic (exact) mass is 407 g/mol. The van der Waals surface area contributed by atoms with Crippen LogP contribution in [0.25, 0.3) is 32.8 Å². The third-order valence-electron chi connectivity index (χ3n) is 4.88. The van der Waals surface area contributed by atoms with Gasteiger partial charge in [-0.1, -0.05) is 12.1 Å². The van der Waals surface area contributed by atoms with Crippen LogP contribution in [0.15, 0.2) is 61.6 Å². The van der Waals surface area contributed by atoms with Crippen LogP contribution in [-0.2, 0) is 6.54 Å². The van der Waals surface area contributed by atoms with Gasteiger partial charge in [-0.3, -0.25) is 0 Å². The van der Waals surface area contributed by atoms with Gasteiger partial charge < -0.3 is 10.3 Å². The molecule has 31 heavy (non-hydrogen) atoms. The molecule has 9 heteroatoms. The molecule has 150 valence electrons. The molecule has 0 radical (unpaired) electrons. The lowest BCUT2D eigenvalue weighted by molar-refractivity contribution is 0.877. The lowest BCUT2D eigenvalue weighted by Gasteiger charge is -2.09. The zero-order chi connectivity index (χ0) is 21.2. The zero-order valence-corrected chi connectivity index (χ0v) is 16.6. The average molecular weight is 407 g/mol. The van der Waals surface area contributed by atoms with Gasteiger partial charge in [0.2, 0.25) is 11.6 Å². The van der Waals surface area contributed by atoms with Crippen LogP contribution >= 0.6 is 0 Å². The van der Waals surface area contributed by atoms with Crippen molar-refractivity contribution in [1.82, 2.24) is 34.7 Å². The molecular formula is C22H17N9. The summed E-state index contributed by atoms with van der Waals surface area (Å²) >= 11 is 0. The number of H-pyrrole nitrogens is 1. The normalized spacial score (nSPS) is 10.8. The molecule has 0 amide bonds. The van der Waals surface area contributed by atoms with Gasteiger partial charge in [-0.05, 0) is 36.2 Å². The summed E-state index contributed by atoms with van der Waals surface area (Å²) in [6.45, 7) is 10.0. The molecule has 2 N–H and O–H groups in total. The summed E-state index contributed by atoms with van der Waals surface area (Å²) < 4.78 is 1.70. The topological polar surface area (TPSA) is 102 Å². The van der Waals surface area contributed by atoms with Gasteiger partial charge in [0, 0.05) is 36.1 Å². The van der Waals surface area contributed by atoms with Crippen molar-refractivity contribution < 1.29 is 0 Å². The Balaban J connectivity index is 1.41. The van der Waals surface area contributed by atoms with E-state index >= 15 is 0 Å². The number of aromatic nitrogens is 7. The van der Waals surface area contributed by atoms with E-state index in [1.165, 1.54) is 6.33 Å². The second kappa shape index (κ2) is 7.68. The van der Waals surface area contributed by atoms with Gasteiger partial charge in [0.25, 0.3) is 0 Å². The number of anilines is 1. The number of rotatable bonds is 5. The van der Waals surface area contributed by atoms with E-state index in [1.807, 2.05) is 43.5 Å². The van der Waals surface area contributed by atoms with Gasteiger partial charge in [0.15, 0.2) is 0 Å². The van der Waals surface area contributed by atoms with Crippen LogP contribution in [0.1, 0.15) is 11.1 Å². The number of aromatic amines is 1. The summed E-state index contributed by atoms with van der Waals surface area (Å²) in [5, 5.41) is 8.30. The maximum atomic E-state index is 7.51. The summed E-state index contributed by atoms with van der Waals surface area (Å²) in [6, 6.07) is 10.00. The van der Waals surface area contributed by atoms with Crippen LogP contribution in [0.5, 0.6) is 0 Å². The SMILES string of the molecule is [C-]#[N+]c1cnc(NCc2ccc(-n3cncn3)cc2)nc1-c1c[nH]c2ncc(C)cc12. The van der Waals surface area contributed by atoms with Gasteiger partial charge in [-0.15, -0.1) is 0 Å². The number of hydrogen-bond acceptors (Lipinski definition) is 6. The van der Waals surface area contributed by atoms with E-state index < -0.39 is 0 Å². The Morgan fingerprint density at radius 2 is 2.03 bits per heavy atom. The molecule has 0 fully saturated rings. The molecule has 0 atom stereocenters. The molecule has 0 saturated carbocycles. The number of pyridine rings is 1. The van der Waals surface area contributed by atoms with Gasteiger partial charge in [-0.2, -0.15) is 5.10 Å². The summed E-state index contributed by atoms with van der Waals surface area (Å²) in [7, 11) is 0. The number of fused-ring (bicyclic) bond motifs is 1. The third kappa shape index (κ3) is 3.58. The number of benzene rings is 1. The van der Waals surface area contributed by atoms with Gasteiger partial charge >= 0.3 is 0 Å². The van der Waals surface area contributed by atoms with Crippen LogP contribution < -0.4 is 5.32 Å². The minimum absolute atomic E-state index is 0.394. The first-order valence-electron chi connectivity index (χ1n) is 9.57. The van der Waals surface area contributed by atoms with E-state index in [0.717, 1.165) is 33.4 Å². The van der Waals surface area contributed by atoms with E-state index in [4.69, 9.17) is 6.57 Å². The van der Waals surface area contributed by atoms with Crippen molar-refractivity contribution in [2.75, 3.05) is 5.32 Å².